The molecule has 6 nitrogen and oxygen atoms in total. The average molecular weight is 275 g/mol. The van der Waals surface area contributed by atoms with Gasteiger partial charge in [0.25, 0.3) is 5.89 Å². The lowest BCUT2D eigenvalue weighted by molar-refractivity contribution is -0.137. The van der Waals surface area contributed by atoms with Crippen LogP contribution in [0.5, 0.6) is 0 Å². The fraction of sp³-hybridized carbons (Fsp3) is 0.357. The Morgan fingerprint density at radius 3 is 2.70 bits per heavy atom. The van der Waals surface area contributed by atoms with Gasteiger partial charge >= 0.3 is 5.97 Å². The number of carboxylic acids is 1. The lowest BCUT2D eigenvalue weighted by Gasteiger charge is -2.11. The summed E-state index contributed by atoms with van der Waals surface area (Å²) in [6.07, 6.45) is 0.0964. The fourth-order valence-electron chi connectivity index (χ4n) is 1.74. The fourth-order valence-corrected chi connectivity index (χ4v) is 1.74. The van der Waals surface area contributed by atoms with Crippen LogP contribution in [-0.4, -0.2) is 39.7 Å². The zero-order valence-electron chi connectivity index (χ0n) is 11.5. The Labute approximate surface area is 117 Å². The predicted molar refractivity (Wildman–Crippen MR) is 73.1 cm³/mol. The molecule has 0 aliphatic carbocycles. The van der Waals surface area contributed by atoms with Crippen molar-refractivity contribution in [3.8, 4) is 11.5 Å². The summed E-state index contributed by atoms with van der Waals surface area (Å²) in [6.45, 7) is 2.92. The van der Waals surface area contributed by atoms with Crippen LogP contribution in [0.2, 0.25) is 0 Å². The number of carboxylic acid groups (broad SMARTS) is 1. The van der Waals surface area contributed by atoms with E-state index in [4.69, 9.17) is 9.63 Å². The molecular formula is C14H17N3O3. The third-order valence-electron chi connectivity index (χ3n) is 2.89. The minimum Gasteiger partial charge on any atom is -0.481 e. The molecule has 0 aliphatic heterocycles. The van der Waals surface area contributed by atoms with Gasteiger partial charge in [-0.05, 0) is 26.1 Å². The van der Waals surface area contributed by atoms with E-state index >= 15 is 0 Å². The number of hydrogen-bond donors (Lipinski definition) is 1. The van der Waals surface area contributed by atoms with Crippen molar-refractivity contribution in [2.45, 2.75) is 19.9 Å². The Hall–Kier alpha value is -2.21. The SMILES string of the molecule is Cc1ccc(-c2nc(CN(C)CCC(=O)O)no2)cc1. The summed E-state index contributed by atoms with van der Waals surface area (Å²) in [5, 5.41) is 12.5. The molecule has 2 aromatic rings. The molecule has 2 rings (SSSR count). The quantitative estimate of drug-likeness (QED) is 0.868. The summed E-state index contributed by atoms with van der Waals surface area (Å²) in [7, 11) is 1.82. The topological polar surface area (TPSA) is 79.5 Å². The van der Waals surface area contributed by atoms with E-state index in [-0.39, 0.29) is 6.42 Å². The first-order valence-corrected chi connectivity index (χ1v) is 6.34. The molecule has 0 atom stereocenters. The third-order valence-corrected chi connectivity index (χ3v) is 2.89. The van der Waals surface area contributed by atoms with Gasteiger partial charge in [0.05, 0.1) is 13.0 Å². The summed E-state index contributed by atoms with van der Waals surface area (Å²) in [6, 6.07) is 7.83. The van der Waals surface area contributed by atoms with E-state index in [1.807, 2.05) is 43.1 Å². The normalized spacial score (nSPS) is 10.9. The van der Waals surface area contributed by atoms with Gasteiger partial charge in [0.2, 0.25) is 0 Å². The van der Waals surface area contributed by atoms with Crippen molar-refractivity contribution in [2.24, 2.45) is 0 Å². The van der Waals surface area contributed by atoms with Crippen LogP contribution in [0.1, 0.15) is 17.8 Å². The van der Waals surface area contributed by atoms with Crippen LogP contribution in [0, 0.1) is 6.92 Å². The molecule has 1 aromatic carbocycles. The van der Waals surface area contributed by atoms with Gasteiger partial charge in [-0.15, -0.1) is 0 Å². The first-order valence-electron chi connectivity index (χ1n) is 6.34. The molecule has 0 unspecified atom stereocenters. The first kappa shape index (κ1) is 14.2. The molecule has 1 N–H and O–H groups in total. The molecule has 0 fully saturated rings. The Kier molecular flexibility index (Phi) is 4.47. The monoisotopic (exact) mass is 275 g/mol. The minimum absolute atomic E-state index is 0.0964. The summed E-state index contributed by atoms with van der Waals surface area (Å²) >= 11 is 0. The standard InChI is InChI=1S/C14H17N3O3/c1-10-3-5-11(6-4-10)14-15-12(16-20-14)9-17(2)8-7-13(18)19/h3-6H,7-9H2,1-2H3,(H,18,19). The van der Waals surface area contributed by atoms with Crippen molar-refractivity contribution in [1.29, 1.82) is 0 Å². The Bertz CT molecular complexity index is 578. The Balaban J connectivity index is 1.98. The molecule has 6 heteroatoms. The minimum atomic E-state index is -0.815. The van der Waals surface area contributed by atoms with E-state index in [0.717, 1.165) is 5.56 Å². The largest absolute Gasteiger partial charge is 0.481 e. The van der Waals surface area contributed by atoms with Gasteiger partial charge < -0.3 is 9.63 Å². The maximum atomic E-state index is 10.5. The van der Waals surface area contributed by atoms with Crippen LogP contribution >= 0.6 is 0 Å². The van der Waals surface area contributed by atoms with Gasteiger partial charge in [0, 0.05) is 12.1 Å². The van der Waals surface area contributed by atoms with E-state index < -0.39 is 5.97 Å². The number of rotatable bonds is 6. The van der Waals surface area contributed by atoms with Crippen molar-refractivity contribution in [2.75, 3.05) is 13.6 Å². The molecule has 0 saturated carbocycles. The van der Waals surface area contributed by atoms with Gasteiger partial charge in [-0.2, -0.15) is 4.98 Å². The highest BCUT2D eigenvalue weighted by atomic mass is 16.5. The van der Waals surface area contributed by atoms with Crippen molar-refractivity contribution in [3.05, 3.63) is 35.7 Å². The van der Waals surface area contributed by atoms with E-state index in [2.05, 4.69) is 10.1 Å². The molecule has 0 aliphatic rings. The lowest BCUT2D eigenvalue weighted by Crippen LogP contribution is -2.21. The van der Waals surface area contributed by atoms with Crippen LogP contribution in [0.25, 0.3) is 11.5 Å². The van der Waals surface area contributed by atoms with Crippen LogP contribution in [0.15, 0.2) is 28.8 Å². The smallest absolute Gasteiger partial charge is 0.304 e. The number of benzene rings is 1. The summed E-state index contributed by atoms with van der Waals surface area (Å²) in [4.78, 5) is 16.7. The second-order valence-corrected chi connectivity index (χ2v) is 4.76. The Morgan fingerprint density at radius 1 is 1.35 bits per heavy atom. The molecule has 1 heterocycles. The average Bonchev–Trinajstić information content (AvgIpc) is 2.85. The zero-order valence-corrected chi connectivity index (χ0v) is 11.5. The van der Waals surface area contributed by atoms with Crippen molar-refractivity contribution in [1.82, 2.24) is 15.0 Å². The third kappa shape index (κ3) is 3.89. The number of carbonyl (C=O) groups is 1. The van der Waals surface area contributed by atoms with Gasteiger partial charge in [-0.3, -0.25) is 9.69 Å². The molecule has 20 heavy (non-hydrogen) atoms. The summed E-state index contributed by atoms with van der Waals surface area (Å²) in [5.74, 6) is 0.213. The van der Waals surface area contributed by atoms with Crippen molar-refractivity contribution < 1.29 is 14.4 Å². The number of hydrogen-bond acceptors (Lipinski definition) is 5. The van der Waals surface area contributed by atoms with Gasteiger partial charge in [-0.1, -0.05) is 22.9 Å². The van der Waals surface area contributed by atoms with Crippen LogP contribution in [0.3, 0.4) is 0 Å². The molecule has 0 spiro atoms. The maximum Gasteiger partial charge on any atom is 0.304 e. The van der Waals surface area contributed by atoms with Crippen LogP contribution in [-0.2, 0) is 11.3 Å². The van der Waals surface area contributed by atoms with Crippen LogP contribution in [0.4, 0.5) is 0 Å². The number of aromatic nitrogens is 2. The first-order chi connectivity index (χ1) is 9.54. The van der Waals surface area contributed by atoms with Crippen molar-refractivity contribution >= 4 is 5.97 Å². The van der Waals surface area contributed by atoms with Gasteiger partial charge in [-0.25, -0.2) is 0 Å². The van der Waals surface area contributed by atoms with E-state index in [9.17, 15) is 4.79 Å². The predicted octanol–water partition coefficient (Wildman–Crippen LogP) is 1.95. The highest BCUT2D eigenvalue weighted by Gasteiger charge is 2.11. The molecule has 0 bridgehead atoms. The van der Waals surface area contributed by atoms with E-state index in [1.54, 1.807) is 0 Å². The maximum absolute atomic E-state index is 10.5. The second kappa shape index (κ2) is 6.29. The number of nitrogens with zero attached hydrogens (tertiary/aromatic N) is 3. The summed E-state index contributed by atoms with van der Waals surface area (Å²) in [5.41, 5.74) is 2.05. The van der Waals surface area contributed by atoms with Gasteiger partial charge in [0.15, 0.2) is 5.82 Å². The highest BCUT2D eigenvalue weighted by Crippen LogP contribution is 2.17. The number of aryl methyl sites for hydroxylation is 1. The molecule has 106 valence electrons. The molecular weight excluding hydrogens is 258 g/mol. The van der Waals surface area contributed by atoms with Gasteiger partial charge in [0.1, 0.15) is 0 Å². The van der Waals surface area contributed by atoms with E-state index in [1.165, 1.54) is 5.56 Å². The number of aliphatic carboxylic acids is 1. The molecule has 0 amide bonds. The van der Waals surface area contributed by atoms with E-state index in [0.29, 0.717) is 24.8 Å². The highest BCUT2D eigenvalue weighted by molar-refractivity contribution is 5.66. The Morgan fingerprint density at radius 2 is 2.05 bits per heavy atom. The lowest BCUT2D eigenvalue weighted by atomic mass is 10.1. The molecule has 0 saturated heterocycles. The second-order valence-electron chi connectivity index (χ2n) is 4.76. The molecule has 1 aromatic heterocycles. The van der Waals surface area contributed by atoms with Crippen LogP contribution < -0.4 is 0 Å². The molecule has 0 radical (unpaired) electrons. The summed E-state index contributed by atoms with van der Waals surface area (Å²) < 4.78 is 5.21. The van der Waals surface area contributed by atoms with Crippen molar-refractivity contribution in [3.63, 3.8) is 0 Å². The zero-order chi connectivity index (χ0) is 14.5.